The highest BCUT2D eigenvalue weighted by molar-refractivity contribution is 5.89. The minimum Gasteiger partial charge on any atom is -0.486 e. The maximum Gasteiger partial charge on any atom is 0.337 e. The summed E-state index contributed by atoms with van der Waals surface area (Å²) in [5, 5.41) is 11.5. The Labute approximate surface area is 122 Å². The summed E-state index contributed by atoms with van der Waals surface area (Å²) in [6, 6.07) is 6.81. The van der Waals surface area contributed by atoms with Crippen molar-refractivity contribution < 1.29 is 14.3 Å². The molecule has 21 heavy (non-hydrogen) atoms. The molecule has 0 amide bonds. The van der Waals surface area contributed by atoms with Gasteiger partial charge in [-0.3, -0.25) is 0 Å². The van der Waals surface area contributed by atoms with E-state index in [0.29, 0.717) is 17.1 Å². The minimum absolute atomic E-state index is 0.251. The van der Waals surface area contributed by atoms with Crippen LogP contribution in [0, 0.1) is 0 Å². The van der Waals surface area contributed by atoms with E-state index in [9.17, 15) is 4.79 Å². The summed E-state index contributed by atoms with van der Waals surface area (Å²) < 4.78 is 12.0. The van der Waals surface area contributed by atoms with Gasteiger partial charge in [-0.1, -0.05) is 19.4 Å². The van der Waals surface area contributed by atoms with Crippen LogP contribution in [0.5, 0.6) is 5.75 Å². The number of hydrogen-bond donors (Lipinski definition) is 0. The van der Waals surface area contributed by atoms with Gasteiger partial charge in [0.2, 0.25) is 0 Å². The van der Waals surface area contributed by atoms with Gasteiger partial charge in [0.1, 0.15) is 12.4 Å². The molecule has 1 aromatic carbocycles. The highest BCUT2D eigenvalue weighted by atomic mass is 16.5. The number of ether oxygens (including phenoxy) is 2. The van der Waals surface area contributed by atoms with Crippen LogP contribution in [0.25, 0.3) is 0 Å². The van der Waals surface area contributed by atoms with Gasteiger partial charge in [0.25, 0.3) is 0 Å². The zero-order chi connectivity index (χ0) is 15.1. The van der Waals surface area contributed by atoms with Crippen molar-refractivity contribution >= 4 is 5.97 Å². The number of aromatic nitrogens is 4. The topological polar surface area (TPSA) is 79.1 Å². The molecule has 0 unspecified atom stereocenters. The molecular weight excluding hydrogens is 272 g/mol. The molecule has 7 heteroatoms. The summed E-state index contributed by atoms with van der Waals surface area (Å²) in [7, 11) is 1.34. The van der Waals surface area contributed by atoms with Gasteiger partial charge in [-0.25, -0.2) is 9.48 Å². The fourth-order valence-electron chi connectivity index (χ4n) is 1.79. The Morgan fingerprint density at radius 3 is 3.00 bits per heavy atom. The molecule has 1 aromatic heterocycles. The fourth-order valence-corrected chi connectivity index (χ4v) is 1.79. The van der Waals surface area contributed by atoms with E-state index in [-0.39, 0.29) is 6.61 Å². The van der Waals surface area contributed by atoms with E-state index in [1.165, 1.54) is 7.11 Å². The third-order valence-corrected chi connectivity index (χ3v) is 2.95. The van der Waals surface area contributed by atoms with Crippen molar-refractivity contribution in [3.05, 3.63) is 35.7 Å². The Kier molecular flexibility index (Phi) is 5.25. The largest absolute Gasteiger partial charge is 0.486 e. The van der Waals surface area contributed by atoms with Gasteiger partial charge in [-0.05, 0) is 35.0 Å². The highest BCUT2D eigenvalue weighted by Crippen LogP contribution is 2.15. The van der Waals surface area contributed by atoms with E-state index in [0.717, 1.165) is 19.4 Å². The Bertz CT molecular complexity index is 597. The maximum absolute atomic E-state index is 11.5. The Morgan fingerprint density at radius 2 is 2.24 bits per heavy atom. The molecule has 0 aliphatic rings. The van der Waals surface area contributed by atoms with Gasteiger partial charge in [-0.15, -0.1) is 5.10 Å². The molecule has 0 bridgehead atoms. The van der Waals surface area contributed by atoms with Crippen LogP contribution in [-0.4, -0.2) is 33.3 Å². The monoisotopic (exact) mass is 290 g/mol. The van der Waals surface area contributed by atoms with Crippen LogP contribution in [-0.2, 0) is 17.9 Å². The number of nitrogens with zero attached hydrogens (tertiary/aromatic N) is 4. The number of carbonyl (C=O) groups is 1. The molecule has 112 valence electrons. The first kappa shape index (κ1) is 15.0. The third-order valence-electron chi connectivity index (χ3n) is 2.95. The van der Waals surface area contributed by atoms with E-state index >= 15 is 0 Å². The van der Waals surface area contributed by atoms with Gasteiger partial charge in [0.15, 0.2) is 5.82 Å². The molecule has 0 aliphatic carbocycles. The predicted molar refractivity (Wildman–Crippen MR) is 74.8 cm³/mol. The molecule has 0 atom stereocenters. The third kappa shape index (κ3) is 4.01. The van der Waals surface area contributed by atoms with Crippen molar-refractivity contribution in [1.29, 1.82) is 0 Å². The summed E-state index contributed by atoms with van der Waals surface area (Å²) in [4.78, 5) is 11.5. The SMILES string of the molecule is CCCCn1nnnc1COc1cccc(C(=O)OC)c1. The Balaban J connectivity index is 2.00. The highest BCUT2D eigenvalue weighted by Gasteiger charge is 2.09. The van der Waals surface area contributed by atoms with E-state index in [4.69, 9.17) is 4.74 Å². The van der Waals surface area contributed by atoms with Crippen LogP contribution in [0.3, 0.4) is 0 Å². The van der Waals surface area contributed by atoms with Gasteiger partial charge in [0, 0.05) is 6.54 Å². The molecular formula is C14H18N4O3. The second kappa shape index (κ2) is 7.37. The van der Waals surface area contributed by atoms with Crippen LogP contribution in [0.4, 0.5) is 0 Å². The van der Waals surface area contributed by atoms with Crippen LogP contribution in [0.1, 0.15) is 35.9 Å². The molecule has 0 radical (unpaired) electrons. The number of tetrazole rings is 1. The van der Waals surface area contributed by atoms with Crippen molar-refractivity contribution in [2.45, 2.75) is 32.9 Å². The normalized spacial score (nSPS) is 10.4. The first-order valence-electron chi connectivity index (χ1n) is 6.80. The van der Waals surface area contributed by atoms with Crippen LogP contribution in [0.15, 0.2) is 24.3 Å². The fraction of sp³-hybridized carbons (Fsp3) is 0.429. The van der Waals surface area contributed by atoms with Crippen molar-refractivity contribution in [2.24, 2.45) is 0 Å². The summed E-state index contributed by atoms with van der Waals surface area (Å²) >= 11 is 0. The minimum atomic E-state index is -0.395. The van der Waals surface area contributed by atoms with Gasteiger partial charge in [0.05, 0.1) is 12.7 Å². The number of aryl methyl sites for hydroxylation is 1. The second-order valence-electron chi connectivity index (χ2n) is 4.48. The lowest BCUT2D eigenvalue weighted by molar-refractivity contribution is 0.0600. The molecule has 1 heterocycles. The average molecular weight is 290 g/mol. The van der Waals surface area contributed by atoms with Crippen molar-refractivity contribution in [3.63, 3.8) is 0 Å². The van der Waals surface area contributed by atoms with Crippen LogP contribution >= 0.6 is 0 Å². The zero-order valence-electron chi connectivity index (χ0n) is 12.2. The number of esters is 1. The summed E-state index contributed by atoms with van der Waals surface area (Å²) in [6.45, 7) is 3.13. The lowest BCUT2D eigenvalue weighted by atomic mass is 10.2. The average Bonchev–Trinajstić information content (AvgIpc) is 2.97. The number of hydrogen-bond acceptors (Lipinski definition) is 6. The number of unbranched alkanes of at least 4 members (excludes halogenated alkanes) is 1. The molecule has 0 saturated heterocycles. The molecule has 0 spiro atoms. The first-order chi connectivity index (χ1) is 10.2. The summed E-state index contributed by atoms with van der Waals surface area (Å²) in [5.74, 6) is 0.836. The van der Waals surface area contributed by atoms with Crippen molar-refractivity contribution in [1.82, 2.24) is 20.2 Å². The van der Waals surface area contributed by atoms with Crippen molar-refractivity contribution in [3.8, 4) is 5.75 Å². The number of methoxy groups -OCH3 is 1. The summed E-state index contributed by atoms with van der Waals surface area (Å²) in [5.41, 5.74) is 0.445. The van der Waals surface area contributed by atoms with Gasteiger partial charge >= 0.3 is 5.97 Å². The standard InChI is InChI=1S/C14H18N4O3/c1-3-4-8-18-13(15-16-17-18)10-21-12-7-5-6-11(9-12)14(19)20-2/h5-7,9H,3-4,8,10H2,1-2H3. The summed E-state index contributed by atoms with van der Waals surface area (Å²) in [6.07, 6.45) is 2.08. The first-order valence-corrected chi connectivity index (χ1v) is 6.80. The molecule has 0 aliphatic heterocycles. The number of rotatable bonds is 7. The molecule has 0 N–H and O–H groups in total. The predicted octanol–water partition coefficient (Wildman–Crippen LogP) is 1.84. The van der Waals surface area contributed by atoms with E-state index in [1.807, 2.05) is 0 Å². The lowest BCUT2D eigenvalue weighted by Gasteiger charge is -2.07. The maximum atomic E-state index is 11.5. The molecule has 0 saturated carbocycles. The quantitative estimate of drug-likeness (QED) is 0.724. The lowest BCUT2D eigenvalue weighted by Crippen LogP contribution is -2.09. The number of carbonyl (C=O) groups excluding carboxylic acids is 1. The number of benzene rings is 1. The van der Waals surface area contributed by atoms with Crippen molar-refractivity contribution in [2.75, 3.05) is 7.11 Å². The smallest absolute Gasteiger partial charge is 0.337 e. The Hall–Kier alpha value is -2.44. The zero-order valence-corrected chi connectivity index (χ0v) is 12.2. The molecule has 7 nitrogen and oxygen atoms in total. The van der Waals surface area contributed by atoms with Crippen LogP contribution in [0.2, 0.25) is 0 Å². The van der Waals surface area contributed by atoms with Gasteiger partial charge < -0.3 is 9.47 Å². The van der Waals surface area contributed by atoms with E-state index < -0.39 is 5.97 Å². The second-order valence-corrected chi connectivity index (χ2v) is 4.48. The van der Waals surface area contributed by atoms with Crippen LogP contribution < -0.4 is 4.74 Å². The van der Waals surface area contributed by atoms with Gasteiger partial charge in [-0.2, -0.15) is 0 Å². The van der Waals surface area contributed by atoms with E-state index in [1.54, 1.807) is 28.9 Å². The van der Waals surface area contributed by atoms with E-state index in [2.05, 4.69) is 27.2 Å². The molecule has 2 aromatic rings. The molecule has 0 fully saturated rings. The molecule has 2 rings (SSSR count). The Morgan fingerprint density at radius 1 is 1.38 bits per heavy atom.